The monoisotopic (exact) mass is 286 g/mol. The number of rotatable bonds is 5. The van der Waals surface area contributed by atoms with Crippen LogP contribution in [0.4, 0.5) is 0 Å². The Hall–Kier alpha value is -0.280. The summed E-state index contributed by atoms with van der Waals surface area (Å²) in [5.74, 6) is 2.77. The molecule has 1 aliphatic heterocycles. The lowest BCUT2D eigenvalue weighted by Gasteiger charge is -2.30. The van der Waals surface area contributed by atoms with Crippen LogP contribution in [0.25, 0.3) is 0 Å². The van der Waals surface area contributed by atoms with E-state index in [0.29, 0.717) is 35.6 Å². The Labute approximate surface area is 122 Å². The average Bonchev–Trinajstić information content (AvgIpc) is 3.24. The van der Waals surface area contributed by atoms with Crippen LogP contribution in [0.1, 0.15) is 45.4 Å². The maximum Gasteiger partial charge on any atom is 0.223 e. The van der Waals surface area contributed by atoms with E-state index in [9.17, 15) is 4.79 Å². The third kappa shape index (κ3) is 3.85. The predicted molar refractivity (Wildman–Crippen MR) is 79.4 cm³/mol. The Morgan fingerprint density at radius 3 is 2.21 bits per heavy atom. The summed E-state index contributed by atoms with van der Waals surface area (Å²) in [5, 5.41) is 6.75. The SMILES string of the molecule is CC(NC(=O)C(C1CC1)C1CC1)C1CCCNC1.Cl. The van der Waals surface area contributed by atoms with Crippen LogP contribution < -0.4 is 10.6 Å². The topological polar surface area (TPSA) is 41.1 Å². The number of hydrogen-bond donors (Lipinski definition) is 2. The van der Waals surface area contributed by atoms with Crippen LogP contribution in [0, 0.1) is 23.7 Å². The molecule has 0 aromatic rings. The molecule has 2 unspecified atom stereocenters. The molecule has 110 valence electrons. The van der Waals surface area contributed by atoms with Crippen LogP contribution in [-0.4, -0.2) is 25.0 Å². The van der Waals surface area contributed by atoms with Gasteiger partial charge >= 0.3 is 0 Å². The van der Waals surface area contributed by atoms with Gasteiger partial charge in [-0.05, 0) is 76.3 Å². The highest BCUT2D eigenvalue weighted by Gasteiger charge is 2.45. The van der Waals surface area contributed by atoms with Crippen molar-refractivity contribution in [3.8, 4) is 0 Å². The lowest BCUT2D eigenvalue weighted by Crippen LogP contribution is -2.47. The van der Waals surface area contributed by atoms with E-state index < -0.39 is 0 Å². The van der Waals surface area contributed by atoms with Crippen molar-refractivity contribution in [3.05, 3.63) is 0 Å². The molecule has 3 aliphatic rings. The zero-order chi connectivity index (χ0) is 12.5. The second-order valence-electron chi connectivity index (χ2n) is 6.60. The normalized spacial score (nSPS) is 28.6. The number of carbonyl (C=O) groups is 1. The van der Waals surface area contributed by atoms with Crippen LogP contribution in [0.15, 0.2) is 0 Å². The molecular formula is C15H27ClN2O. The maximum atomic E-state index is 12.4. The van der Waals surface area contributed by atoms with Crippen LogP contribution in [0.2, 0.25) is 0 Å². The van der Waals surface area contributed by atoms with E-state index in [1.165, 1.54) is 38.5 Å². The molecule has 0 aromatic heterocycles. The summed E-state index contributed by atoms with van der Waals surface area (Å²) in [5.41, 5.74) is 0. The minimum absolute atomic E-state index is 0. The smallest absolute Gasteiger partial charge is 0.223 e. The van der Waals surface area contributed by atoms with E-state index in [4.69, 9.17) is 0 Å². The Balaban J connectivity index is 0.00000133. The number of halogens is 1. The van der Waals surface area contributed by atoms with Gasteiger partial charge in [-0.15, -0.1) is 12.4 Å². The quantitative estimate of drug-likeness (QED) is 0.815. The molecule has 2 atom stereocenters. The summed E-state index contributed by atoms with van der Waals surface area (Å²) < 4.78 is 0. The average molecular weight is 287 g/mol. The number of piperidine rings is 1. The van der Waals surface area contributed by atoms with Crippen LogP contribution in [0.5, 0.6) is 0 Å². The summed E-state index contributed by atoms with van der Waals surface area (Å²) in [4.78, 5) is 12.4. The molecule has 2 saturated carbocycles. The fraction of sp³-hybridized carbons (Fsp3) is 0.933. The zero-order valence-electron chi connectivity index (χ0n) is 11.9. The molecule has 0 aromatic carbocycles. The van der Waals surface area contributed by atoms with Gasteiger partial charge in [0.15, 0.2) is 0 Å². The largest absolute Gasteiger partial charge is 0.353 e. The second kappa shape index (κ2) is 6.45. The summed E-state index contributed by atoms with van der Waals surface area (Å²) in [6.45, 7) is 4.40. The van der Waals surface area contributed by atoms with Gasteiger partial charge in [0.05, 0.1) is 0 Å². The Morgan fingerprint density at radius 2 is 1.74 bits per heavy atom. The highest BCUT2D eigenvalue weighted by atomic mass is 35.5. The summed E-state index contributed by atoms with van der Waals surface area (Å²) in [7, 11) is 0. The van der Waals surface area contributed by atoms with Gasteiger partial charge in [0, 0.05) is 12.0 Å². The predicted octanol–water partition coefficient (Wildman–Crippen LogP) is 2.35. The molecule has 0 radical (unpaired) electrons. The standard InChI is InChI=1S/C15H26N2O.ClH/c1-10(13-3-2-8-16-9-13)17-15(18)14(11-4-5-11)12-6-7-12;/h10-14,16H,2-9H2,1H3,(H,17,18);1H. The molecule has 1 amide bonds. The van der Waals surface area contributed by atoms with Gasteiger partial charge in [0.25, 0.3) is 0 Å². The van der Waals surface area contributed by atoms with Crippen LogP contribution in [-0.2, 0) is 4.79 Å². The third-order valence-electron chi connectivity index (χ3n) is 4.97. The summed E-state index contributed by atoms with van der Waals surface area (Å²) in [6, 6.07) is 0.338. The van der Waals surface area contributed by atoms with Gasteiger partial charge < -0.3 is 10.6 Å². The van der Waals surface area contributed by atoms with Gasteiger partial charge in [0.1, 0.15) is 0 Å². The highest BCUT2D eigenvalue weighted by molar-refractivity contribution is 5.85. The number of nitrogens with one attached hydrogen (secondary N) is 2. The molecule has 1 heterocycles. The molecule has 0 spiro atoms. The Bertz CT molecular complexity index is 297. The molecule has 3 fully saturated rings. The Morgan fingerprint density at radius 1 is 1.11 bits per heavy atom. The van der Waals surface area contributed by atoms with E-state index in [1.54, 1.807) is 0 Å². The van der Waals surface area contributed by atoms with E-state index in [0.717, 1.165) is 13.1 Å². The van der Waals surface area contributed by atoms with E-state index in [1.807, 2.05) is 0 Å². The lowest BCUT2D eigenvalue weighted by molar-refractivity contribution is -0.127. The highest BCUT2D eigenvalue weighted by Crippen LogP contribution is 2.49. The van der Waals surface area contributed by atoms with Gasteiger partial charge in [0.2, 0.25) is 5.91 Å². The molecular weight excluding hydrogens is 260 g/mol. The van der Waals surface area contributed by atoms with Crippen molar-refractivity contribution in [2.75, 3.05) is 13.1 Å². The van der Waals surface area contributed by atoms with Crippen molar-refractivity contribution in [3.63, 3.8) is 0 Å². The first-order valence-electron chi connectivity index (χ1n) is 7.77. The lowest BCUT2D eigenvalue weighted by atomic mass is 9.91. The van der Waals surface area contributed by atoms with Crippen LogP contribution in [0.3, 0.4) is 0 Å². The number of carbonyl (C=O) groups excluding carboxylic acids is 1. The van der Waals surface area contributed by atoms with E-state index in [-0.39, 0.29) is 12.4 Å². The second-order valence-corrected chi connectivity index (χ2v) is 6.60. The van der Waals surface area contributed by atoms with Crippen LogP contribution >= 0.6 is 12.4 Å². The number of amides is 1. The number of hydrogen-bond acceptors (Lipinski definition) is 2. The maximum absolute atomic E-state index is 12.4. The van der Waals surface area contributed by atoms with Gasteiger partial charge in [-0.3, -0.25) is 4.79 Å². The van der Waals surface area contributed by atoms with Crippen molar-refractivity contribution in [2.24, 2.45) is 23.7 Å². The fourth-order valence-electron chi connectivity index (χ4n) is 3.47. The molecule has 4 heteroatoms. The minimum atomic E-state index is 0. The summed E-state index contributed by atoms with van der Waals surface area (Å²) >= 11 is 0. The third-order valence-corrected chi connectivity index (χ3v) is 4.97. The Kier molecular flexibility index (Phi) is 5.13. The molecule has 3 rings (SSSR count). The first-order valence-corrected chi connectivity index (χ1v) is 7.77. The molecule has 1 saturated heterocycles. The van der Waals surface area contributed by atoms with Crippen molar-refractivity contribution in [1.29, 1.82) is 0 Å². The first-order chi connectivity index (χ1) is 8.75. The van der Waals surface area contributed by atoms with E-state index in [2.05, 4.69) is 17.6 Å². The molecule has 0 bridgehead atoms. The van der Waals surface area contributed by atoms with Gasteiger partial charge in [-0.2, -0.15) is 0 Å². The molecule has 3 nitrogen and oxygen atoms in total. The minimum Gasteiger partial charge on any atom is -0.353 e. The molecule has 19 heavy (non-hydrogen) atoms. The van der Waals surface area contributed by atoms with E-state index >= 15 is 0 Å². The van der Waals surface area contributed by atoms with Gasteiger partial charge in [-0.1, -0.05) is 0 Å². The molecule has 2 N–H and O–H groups in total. The molecule has 2 aliphatic carbocycles. The van der Waals surface area contributed by atoms with Crippen molar-refractivity contribution in [2.45, 2.75) is 51.5 Å². The van der Waals surface area contributed by atoms with Crippen molar-refractivity contribution >= 4 is 18.3 Å². The van der Waals surface area contributed by atoms with Gasteiger partial charge in [-0.25, -0.2) is 0 Å². The van der Waals surface area contributed by atoms with Crippen molar-refractivity contribution < 1.29 is 4.79 Å². The summed E-state index contributed by atoms with van der Waals surface area (Å²) in [6.07, 6.45) is 7.65. The van der Waals surface area contributed by atoms with Crippen molar-refractivity contribution in [1.82, 2.24) is 10.6 Å². The zero-order valence-corrected chi connectivity index (χ0v) is 12.7. The fourth-order valence-corrected chi connectivity index (χ4v) is 3.47. The first kappa shape index (κ1) is 15.1.